The molecule has 2 rings (SSSR count). The normalized spacial score (nSPS) is 12.9. The third-order valence-corrected chi connectivity index (χ3v) is 5.66. The number of aromatic nitrogens is 4. The van der Waals surface area contributed by atoms with Gasteiger partial charge in [-0.15, -0.1) is 5.10 Å². The minimum atomic E-state index is -3.95. The predicted octanol–water partition coefficient (Wildman–Crippen LogP) is 2.17. The van der Waals surface area contributed by atoms with Gasteiger partial charge in [-0.2, -0.15) is 4.72 Å². The highest BCUT2D eigenvalue weighted by Crippen LogP contribution is 2.17. The summed E-state index contributed by atoms with van der Waals surface area (Å²) in [6, 6.07) is 4.74. The van der Waals surface area contributed by atoms with E-state index in [1.54, 1.807) is 24.6 Å². The maximum atomic E-state index is 12.6. The van der Waals surface area contributed by atoms with Crippen LogP contribution in [0.3, 0.4) is 0 Å². The van der Waals surface area contributed by atoms with E-state index in [1.807, 2.05) is 6.92 Å². The number of carbonyl (C=O) groups is 1. The van der Waals surface area contributed by atoms with E-state index in [4.69, 9.17) is 16.3 Å². The van der Waals surface area contributed by atoms with Gasteiger partial charge >= 0.3 is 5.97 Å². The Hall–Kier alpha value is -2.04. The summed E-state index contributed by atoms with van der Waals surface area (Å²) in [7, 11) is -3.95. The summed E-state index contributed by atoms with van der Waals surface area (Å²) in [6.07, 6.45) is 1.86. The van der Waals surface area contributed by atoms with E-state index in [0.717, 1.165) is 12.8 Å². The van der Waals surface area contributed by atoms with E-state index in [1.165, 1.54) is 18.2 Å². The van der Waals surface area contributed by atoms with Crippen molar-refractivity contribution in [1.82, 2.24) is 24.9 Å². The topological polar surface area (TPSA) is 116 Å². The molecule has 0 aliphatic rings. The third kappa shape index (κ3) is 5.98. The highest BCUT2D eigenvalue weighted by atomic mass is 35.5. The molecule has 1 aromatic heterocycles. The van der Waals surface area contributed by atoms with Crippen molar-refractivity contribution >= 4 is 27.6 Å². The largest absolute Gasteiger partial charge is 0.456 e. The number of rotatable bonds is 10. The molecule has 1 atom stereocenters. The number of tetrazole rings is 1. The number of unbranched alkanes of at least 4 members (excludes halogenated alkanes) is 1. The fourth-order valence-corrected chi connectivity index (χ4v) is 3.99. The lowest BCUT2D eigenvalue weighted by Crippen LogP contribution is -2.45. The Bertz CT molecular complexity index is 900. The molecular formula is C17H24ClN5O4S. The molecule has 0 radical (unpaired) electrons. The molecule has 0 saturated heterocycles. The van der Waals surface area contributed by atoms with Gasteiger partial charge in [0.2, 0.25) is 10.0 Å². The van der Waals surface area contributed by atoms with Gasteiger partial charge in [-0.1, -0.05) is 44.9 Å². The summed E-state index contributed by atoms with van der Waals surface area (Å²) < 4.78 is 34.4. The number of benzene rings is 1. The van der Waals surface area contributed by atoms with Crippen LogP contribution in [0.25, 0.3) is 0 Å². The zero-order chi connectivity index (χ0) is 20.7. The van der Waals surface area contributed by atoms with Crippen LogP contribution >= 0.6 is 11.6 Å². The molecule has 2 aromatic rings. The number of nitrogens with one attached hydrogen (secondary N) is 1. The minimum Gasteiger partial charge on any atom is -0.456 e. The van der Waals surface area contributed by atoms with Crippen molar-refractivity contribution in [3.05, 3.63) is 35.1 Å². The Kier molecular flexibility index (Phi) is 7.90. The van der Waals surface area contributed by atoms with Gasteiger partial charge in [0.05, 0.1) is 4.90 Å². The minimum absolute atomic E-state index is 0.0260. The summed E-state index contributed by atoms with van der Waals surface area (Å²) in [5.74, 6) is -0.634. The fraction of sp³-hybridized carbons (Fsp3) is 0.529. The molecule has 1 aromatic carbocycles. The van der Waals surface area contributed by atoms with Crippen molar-refractivity contribution < 1.29 is 17.9 Å². The molecule has 0 spiro atoms. The van der Waals surface area contributed by atoms with Gasteiger partial charge in [-0.25, -0.2) is 13.1 Å². The van der Waals surface area contributed by atoms with E-state index < -0.39 is 22.0 Å². The average molecular weight is 430 g/mol. The highest BCUT2D eigenvalue weighted by Gasteiger charge is 2.30. The zero-order valence-corrected chi connectivity index (χ0v) is 17.6. The van der Waals surface area contributed by atoms with Crippen molar-refractivity contribution in [1.29, 1.82) is 0 Å². The van der Waals surface area contributed by atoms with Crippen molar-refractivity contribution in [2.45, 2.75) is 57.7 Å². The summed E-state index contributed by atoms with van der Waals surface area (Å²) in [5, 5.41) is 11.6. The maximum absolute atomic E-state index is 12.6. The van der Waals surface area contributed by atoms with Gasteiger partial charge in [0, 0.05) is 11.6 Å². The number of ether oxygens (including phenoxy) is 1. The Morgan fingerprint density at radius 1 is 1.36 bits per heavy atom. The first-order valence-corrected chi connectivity index (χ1v) is 10.8. The first-order chi connectivity index (χ1) is 13.2. The molecule has 0 unspecified atom stereocenters. The van der Waals surface area contributed by atoms with Crippen LogP contribution in [0.15, 0.2) is 29.2 Å². The van der Waals surface area contributed by atoms with Crippen molar-refractivity contribution in [3.63, 3.8) is 0 Å². The Balaban J connectivity index is 2.07. The molecule has 28 heavy (non-hydrogen) atoms. The zero-order valence-electron chi connectivity index (χ0n) is 16.0. The number of hydrogen-bond acceptors (Lipinski definition) is 7. The quantitative estimate of drug-likeness (QED) is 0.575. The molecule has 1 heterocycles. The average Bonchev–Trinajstić information content (AvgIpc) is 3.09. The van der Waals surface area contributed by atoms with Crippen molar-refractivity contribution in [2.75, 3.05) is 0 Å². The summed E-state index contributed by atoms with van der Waals surface area (Å²) in [6.45, 7) is 5.96. The molecule has 0 fully saturated rings. The van der Waals surface area contributed by atoms with Crippen molar-refractivity contribution in [3.8, 4) is 0 Å². The van der Waals surface area contributed by atoms with Crippen LogP contribution < -0.4 is 4.72 Å². The van der Waals surface area contributed by atoms with E-state index in [9.17, 15) is 13.2 Å². The number of hydrogen-bond donors (Lipinski definition) is 1. The molecule has 1 N–H and O–H groups in total. The van der Waals surface area contributed by atoms with Crippen molar-refractivity contribution in [2.24, 2.45) is 5.92 Å². The summed E-state index contributed by atoms with van der Waals surface area (Å²) in [4.78, 5) is 12.5. The number of aryl methyl sites for hydroxylation is 1. The molecule has 11 heteroatoms. The fourth-order valence-electron chi connectivity index (χ4n) is 2.36. The lowest BCUT2D eigenvalue weighted by Gasteiger charge is -2.20. The van der Waals surface area contributed by atoms with Crippen LogP contribution in [-0.4, -0.2) is 40.6 Å². The van der Waals surface area contributed by atoms with Crippen LogP contribution in [0, 0.1) is 5.92 Å². The lowest BCUT2D eigenvalue weighted by molar-refractivity contribution is -0.148. The van der Waals surface area contributed by atoms with E-state index in [2.05, 4.69) is 20.2 Å². The molecule has 9 nitrogen and oxygen atoms in total. The highest BCUT2D eigenvalue weighted by molar-refractivity contribution is 7.89. The third-order valence-electron chi connectivity index (χ3n) is 3.98. The molecule has 0 saturated carbocycles. The number of halogens is 1. The number of nitrogens with zero attached hydrogens (tertiary/aromatic N) is 4. The molecule has 154 valence electrons. The molecule has 0 bridgehead atoms. The summed E-state index contributed by atoms with van der Waals surface area (Å²) in [5.41, 5.74) is 0. The maximum Gasteiger partial charge on any atom is 0.324 e. The Morgan fingerprint density at radius 2 is 2.11 bits per heavy atom. The second kappa shape index (κ2) is 9.94. The van der Waals surface area contributed by atoms with Crippen LogP contribution in [0.5, 0.6) is 0 Å². The van der Waals surface area contributed by atoms with Crippen LogP contribution in [-0.2, 0) is 32.7 Å². The van der Waals surface area contributed by atoms with E-state index in [-0.39, 0.29) is 22.4 Å². The van der Waals surface area contributed by atoms with E-state index >= 15 is 0 Å². The summed E-state index contributed by atoms with van der Waals surface area (Å²) >= 11 is 5.87. The number of carbonyl (C=O) groups excluding carboxylic acids is 1. The lowest BCUT2D eigenvalue weighted by atomic mass is 10.1. The standard InChI is InChI=1S/C17H24ClN5O4S/c1-4-5-9-23-15(19-21-22-23)11-27-17(24)16(12(2)3)20-28(25,26)14-8-6-7-13(18)10-14/h6-8,10,12,16,20H,4-5,9,11H2,1-3H3/t16-/m0/s1. The molecular weight excluding hydrogens is 406 g/mol. The smallest absolute Gasteiger partial charge is 0.324 e. The SMILES string of the molecule is CCCCn1nnnc1COC(=O)[C@@H](NS(=O)(=O)c1cccc(Cl)c1)C(C)C. The van der Waals surface area contributed by atoms with Gasteiger partial charge in [-0.3, -0.25) is 4.79 Å². The van der Waals surface area contributed by atoms with Gasteiger partial charge in [0.15, 0.2) is 12.4 Å². The van der Waals surface area contributed by atoms with Gasteiger partial charge in [-0.05, 0) is 41.0 Å². The predicted molar refractivity (Wildman–Crippen MR) is 103 cm³/mol. The monoisotopic (exact) mass is 429 g/mol. The number of sulfonamides is 1. The second-order valence-electron chi connectivity index (χ2n) is 6.58. The number of esters is 1. The van der Waals surface area contributed by atoms with Gasteiger partial charge in [0.1, 0.15) is 6.04 Å². The van der Waals surface area contributed by atoms with E-state index in [0.29, 0.717) is 12.4 Å². The second-order valence-corrected chi connectivity index (χ2v) is 8.73. The first kappa shape index (κ1) is 22.3. The molecule has 0 aliphatic heterocycles. The molecule has 0 amide bonds. The van der Waals surface area contributed by atoms with Crippen LogP contribution in [0.1, 0.15) is 39.4 Å². The van der Waals surface area contributed by atoms with Crippen LogP contribution in [0.4, 0.5) is 0 Å². The first-order valence-electron chi connectivity index (χ1n) is 8.94. The molecule has 0 aliphatic carbocycles. The van der Waals surface area contributed by atoms with Gasteiger partial charge in [0.25, 0.3) is 0 Å². The Morgan fingerprint density at radius 3 is 2.75 bits per heavy atom. The Labute approximate surface area is 169 Å². The van der Waals surface area contributed by atoms with Crippen LogP contribution in [0.2, 0.25) is 5.02 Å². The van der Waals surface area contributed by atoms with Gasteiger partial charge < -0.3 is 4.74 Å².